The molecule has 0 aliphatic heterocycles. The van der Waals surface area contributed by atoms with Gasteiger partial charge in [-0.05, 0) is 37.8 Å². The molecule has 21 heavy (non-hydrogen) atoms. The largest absolute Gasteiger partial charge is 0.473 e. The van der Waals surface area contributed by atoms with Crippen LogP contribution in [0, 0.1) is 0 Å². The standard InChI is InChI=1S/C17H20N2O2/c20-13-14-12-19(15-8-4-3-5-9-15)18-17(14)21-16-10-6-1-2-7-11-16/h3-5,8-9,12-13,16H,1-2,6-7,10-11H2. The minimum atomic E-state index is 0.185. The molecule has 0 bridgehead atoms. The van der Waals surface area contributed by atoms with Crippen LogP contribution in [0.1, 0.15) is 48.9 Å². The number of aldehydes is 1. The van der Waals surface area contributed by atoms with E-state index in [-0.39, 0.29) is 6.10 Å². The number of aromatic nitrogens is 2. The Hall–Kier alpha value is -2.10. The summed E-state index contributed by atoms with van der Waals surface area (Å²) in [6, 6.07) is 9.76. The van der Waals surface area contributed by atoms with E-state index in [1.54, 1.807) is 10.9 Å². The molecule has 0 N–H and O–H groups in total. The Morgan fingerprint density at radius 2 is 1.81 bits per heavy atom. The summed E-state index contributed by atoms with van der Waals surface area (Å²) in [7, 11) is 0. The summed E-state index contributed by atoms with van der Waals surface area (Å²) in [5.74, 6) is 0.459. The number of hydrogen-bond donors (Lipinski definition) is 0. The van der Waals surface area contributed by atoms with Crippen LogP contribution in [0.15, 0.2) is 36.5 Å². The van der Waals surface area contributed by atoms with Crippen molar-refractivity contribution >= 4 is 6.29 Å². The molecule has 110 valence electrons. The van der Waals surface area contributed by atoms with E-state index in [9.17, 15) is 4.79 Å². The van der Waals surface area contributed by atoms with E-state index >= 15 is 0 Å². The fraction of sp³-hybridized carbons (Fsp3) is 0.412. The quantitative estimate of drug-likeness (QED) is 0.634. The van der Waals surface area contributed by atoms with Crippen molar-refractivity contribution in [3.05, 3.63) is 42.1 Å². The zero-order valence-electron chi connectivity index (χ0n) is 12.1. The van der Waals surface area contributed by atoms with Gasteiger partial charge in [0.15, 0.2) is 6.29 Å². The van der Waals surface area contributed by atoms with Crippen molar-refractivity contribution in [2.45, 2.75) is 44.6 Å². The zero-order chi connectivity index (χ0) is 14.5. The van der Waals surface area contributed by atoms with Gasteiger partial charge in [0.05, 0.1) is 11.3 Å². The number of rotatable bonds is 4. The molecule has 4 heteroatoms. The van der Waals surface area contributed by atoms with E-state index in [4.69, 9.17) is 4.74 Å². The maximum Gasteiger partial charge on any atom is 0.244 e. The van der Waals surface area contributed by atoms with Crippen molar-refractivity contribution in [2.24, 2.45) is 0 Å². The molecule has 1 heterocycles. The lowest BCUT2D eigenvalue weighted by molar-refractivity contribution is 0.111. The van der Waals surface area contributed by atoms with Crippen LogP contribution in [0.5, 0.6) is 5.88 Å². The van der Waals surface area contributed by atoms with Crippen molar-refractivity contribution in [3.63, 3.8) is 0 Å². The van der Waals surface area contributed by atoms with Gasteiger partial charge in [0.25, 0.3) is 0 Å². The molecule has 2 aromatic rings. The first-order valence-corrected chi connectivity index (χ1v) is 7.64. The molecule has 0 amide bonds. The highest BCUT2D eigenvalue weighted by molar-refractivity contribution is 5.78. The fourth-order valence-electron chi connectivity index (χ4n) is 2.77. The highest BCUT2D eigenvalue weighted by Gasteiger charge is 2.18. The van der Waals surface area contributed by atoms with Gasteiger partial charge < -0.3 is 4.74 Å². The van der Waals surface area contributed by atoms with Gasteiger partial charge in [-0.1, -0.05) is 31.0 Å². The van der Waals surface area contributed by atoms with Gasteiger partial charge in [0, 0.05) is 6.20 Å². The Labute approximate surface area is 124 Å². The minimum Gasteiger partial charge on any atom is -0.473 e. The van der Waals surface area contributed by atoms with E-state index in [1.807, 2.05) is 30.3 Å². The van der Waals surface area contributed by atoms with Gasteiger partial charge in [-0.25, -0.2) is 4.68 Å². The number of carbonyl (C=O) groups is 1. The van der Waals surface area contributed by atoms with Gasteiger partial charge in [0.1, 0.15) is 6.10 Å². The predicted molar refractivity (Wildman–Crippen MR) is 81.1 cm³/mol. The third-order valence-corrected chi connectivity index (χ3v) is 3.94. The zero-order valence-corrected chi connectivity index (χ0v) is 12.1. The Bertz CT molecular complexity index is 584. The van der Waals surface area contributed by atoms with Crippen LogP contribution < -0.4 is 4.74 Å². The molecule has 0 saturated heterocycles. The Morgan fingerprint density at radius 1 is 1.10 bits per heavy atom. The number of ether oxygens (including phenoxy) is 1. The molecule has 3 rings (SSSR count). The van der Waals surface area contributed by atoms with Crippen LogP contribution in [-0.2, 0) is 0 Å². The van der Waals surface area contributed by atoms with E-state index in [0.717, 1.165) is 24.8 Å². The van der Waals surface area contributed by atoms with Gasteiger partial charge >= 0.3 is 0 Å². The molecule has 0 spiro atoms. The van der Waals surface area contributed by atoms with Crippen LogP contribution in [0.3, 0.4) is 0 Å². The molecule has 0 atom stereocenters. The lowest BCUT2D eigenvalue weighted by Crippen LogP contribution is -2.16. The van der Waals surface area contributed by atoms with E-state index in [0.29, 0.717) is 11.4 Å². The Morgan fingerprint density at radius 3 is 2.48 bits per heavy atom. The van der Waals surface area contributed by atoms with Crippen LogP contribution in [0.25, 0.3) is 5.69 Å². The Balaban J connectivity index is 1.81. The number of hydrogen-bond acceptors (Lipinski definition) is 3. The van der Waals surface area contributed by atoms with Gasteiger partial charge in [0.2, 0.25) is 5.88 Å². The van der Waals surface area contributed by atoms with Crippen LogP contribution >= 0.6 is 0 Å². The molecule has 1 saturated carbocycles. The maximum atomic E-state index is 11.2. The molecular weight excluding hydrogens is 264 g/mol. The average molecular weight is 284 g/mol. The highest BCUT2D eigenvalue weighted by Crippen LogP contribution is 2.24. The van der Waals surface area contributed by atoms with Crippen molar-refractivity contribution in [1.82, 2.24) is 9.78 Å². The van der Waals surface area contributed by atoms with E-state index < -0.39 is 0 Å². The van der Waals surface area contributed by atoms with Crippen LogP contribution in [-0.4, -0.2) is 22.2 Å². The van der Waals surface area contributed by atoms with Gasteiger partial charge in [-0.3, -0.25) is 4.79 Å². The topological polar surface area (TPSA) is 44.1 Å². The molecule has 0 unspecified atom stereocenters. The first-order valence-electron chi connectivity index (χ1n) is 7.64. The van der Waals surface area contributed by atoms with Gasteiger partial charge in [-0.15, -0.1) is 5.10 Å². The third-order valence-electron chi connectivity index (χ3n) is 3.94. The highest BCUT2D eigenvalue weighted by atomic mass is 16.5. The van der Waals surface area contributed by atoms with Crippen LogP contribution in [0.4, 0.5) is 0 Å². The molecule has 1 aromatic carbocycles. The van der Waals surface area contributed by atoms with E-state index in [1.165, 1.54) is 25.7 Å². The van der Waals surface area contributed by atoms with Gasteiger partial charge in [-0.2, -0.15) is 0 Å². The minimum absolute atomic E-state index is 0.185. The van der Waals surface area contributed by atoms with Crippen molar-refractivity contribution in [2.75, 3.05) is 0 Å². The lowest BCUT2D eigenvalue weighted by atomic mass is 10.1. The molecule has 1 aromatic heterocycles. The lowest BCUT2D eigenvalue weighted by Gasteiger charge is -2.15. The molecular formula is C17H20N2O2. The second-order valence-electron chi connectivity index (χ2n) is 5.52. The number of benzene rings is 1. The number of nitrogens with zero attached hydrogens (tertiary/aromatic N) is 2. The second kappa shape index (κ2) is 6.57. The number of para-hydroxylation sites is 1. The SMILES string of the molecule is O=Cc1cn(-c2ccccc2)nc1OC1CCCCCC1. The maximum absolute atomic E-state index is 11.2. The van der Waals surface area contributed by atoms with E-state index in [2.05, 4.69) is 5.10 Å². The first-order chi connectivity index (χ1) is 10.4. The van der Waals surface area contributed by atoms with Crippen LogP contribution in [0.2, 0.25) is 0 Å². The second-order valence-corrected chi connectivity index (χ2v) is 5.52. The molecule has 1 aliphatic carbocycles. The first kappa shape index (κ1) is 13.9. The molecule has 1 aliphatic rings. The summed E-state index contributed by atoms with van der Waals surface area (Å²) in [5.41, 5.74) is 1.44. The summed E-state index contributed by atoms with van der Waals surface area (Å²) in [6.07, 6.45) is 9.78. The summed E-state index contributed by atoms with van der Waals surface area (Å²) in [6.45, 7) is 0. The molecule has 1 fully saturated rings. The van der Waals surface area contributed by atoms with Crippen molar-refractivity contribution in [1.29, 1.82) is 0 Å². The monoisotopic (exact) mass is 284 g/mol. The summed E-state index contributed by atoms with van der Waals surface area (Å²) >= 11 is 0. The summed E-state index contributed by atoms with van der Waals surface area (Å²) in [4.78, 5) is 11.2. The average Bonchev–Trinajstić information content (AvgIpc) is 2.75. The summed E-state index contributed by atoms with van der Waals surface area (Å²) in [5, 5.41) is 4.44. The fourth-order valence-corrected chi connectivity index (χ4v) is 2.77. The molecule has 4 nitrogen and oxygen atoms in total. The molecule has 0 radical (unpaired) electrons. The predicted octanol–water partition coefficient (Wildman–Crippen LogP) is 3.79. The van der Waals surface area contributed by atoms with Crippen molar-refractivity contribution in [3.8, 4) is 11.6 Å². The summed E-state index contributed by atoms with van der Waals surface area (Å²) < 4.78 is 7.70. The normalized spacial score (nSPS) is 16.4. The smallest absolute Gasteiger partial charge is 0.244 e. The van der Waals surface area contributed by atoms with Crippen molar-refractivity contribution < 1.29 is 9.53 Å². The third kappa shape index (κ3) is 3.32. The Kier molecular flexibility index (Phi) is 4.34. The number of carbonyl (C=O) groups excluding carboxylic acids is 1.